The van der Waals surface area contributed by atoms with Crippen molar-refractivity contribution in [1.29, 1.82) is 0 Å². The molecular weight excluding hydrogens is 316 g/mol. The van der Waals surface area contributed by atoms with Crippen LogP contribution in [0.3, 0.4) is 0 Å². The lowest BCUT2D eigenvalue weighted by Gasteiger charge is -2.54. The van der Waals surface area contributed by atoms with Gasteiger partial charge in [0.2, 0.25) is 0 Å². The van der Waals surface area contributed by atoms with E-state index in [9.17, 15) is 4.79 Å². The molecule has 0 saturated carbocycles. The highest BCUT2D eigenvalue weighted by atomic mass is 16.5. The van der Waals surface area contributed by atoms with Crippen LogP contribution in [0, 0.1) is 5.92 Å². The number of rotatable bonds is 4. The average Bonchev–Trinajstić information content (AvgIpc) is 3.05. The number of carbonyl (C=O) groups is 1. The molecule has 5 nitrogen and oxygen atoms in total. The van der Waals surface area contributed by atoms with Crippen LogP contribution in [0.1, 0.15) is 42.7 Å². The van der Waals surface area contributed by atoms with Crippen LogP contribution in [-0.4, -0.2) is 51.3 Å². The number of methoxy groups -OCH3 is 2. The molecule has 0 aromatic heterocycles. The Labute approximate surface area is 149 Å². The lowest BCUT2D eigenvalue weighted by Crippen LogP contribution is -2.59. The molecule has 4 atom stereocenters. The van der Waals surface area contributed by atoms with Gasteiger partial charge in [-0.25, -0.2) is 0 Å². The van der Waals surface area contributed by atoms with E-state index in [1.54, 1.807) is 0 Å². The van der Waals surface area contributed by atoms with Gasteiger partial charge < -0.3 is 14.8 Å². The smallest absolute Gasteiger partial charge is 0.305 e. The van der Waals surface area contributed by atoms with Gasteiger partial charge in [0.25, 0.3) is 0 Å². The van der Waals surface area contributed by atoms with Gasteiger partial charge in [-0.05, 0) is 49.4 Å². The van der Waals surface area contributed by atoms with Gasteiger partial charge in [-0.3, -0.25) is 9.69 Å². The molecule has 136 valence electrons. The van der Waals surface area contributed by atoms with E-state index in [1.807, 2.05) is 7.11 Å². The van der Waals surface area contributed by atoms with Crippen molar-refractivity contribution in [3.05, 3.63) is 29.3 Å². The molecule has 4 unspecified atom stereocenters. The second-order valence-electron chi connectivity index (χ2n) is 7.81. The van der Waals surface area contributed by atoms with Crippen LogP contribution in [0.15, 0.2) is 18.2 Å². The van der Waals surface area contributed by atoms with E-state index in [0.29, 0.717) is 24.3 Å². The largest absolute Gasteiger partial charge is 0.469 e. The molecule has 1 saturated heterocycles. The number of nitrogens with one attached hydrogen (secondary N) is 1. The van der Waals surface area contributed by atoms with Crippen molar-refractivity contribution in [1.82, 2.24) is 4.90 Å². The molecule has 0 amide bonds. The summed E-state index contributed by atoms with van der Waals surface area (Å²) < 4.78 is 11.1. The Bertz CT molecular complexity index is 677. The number of likely N-dealkylation sites (tertiary alicyclic amines) is 1. The molecule has 0 bridgehead atoms. The van der Waals surface area contributed by atoms with Crippen LogP contribution in [0.2, 0.25) is 0 Å². The number of carbonyl (C=O) groups excluding carboxylic acids is 1. The van der Waals surface area contributed by atoms with Crippen LogP contribution >= 0.6 is 0 Å². The number of ether oxygens (including phenoxy) is 2. The van der Waals surface area contributed by atoms with Crippen molar-refractivity contribution >= 4 is 11.7 Å². The molecule has 1 fully saturated rings. The molecule has 1 N–H and O–H groups in total. The number of esters is 1. The minimum atomic E-state index is -0.276. The summed E-state index contributed by atoms with van der Waals surface area (Å²) in [5.41, 5.74) is 3.81. The maximum absolute atomic E-state index is 11.6. The Hall–Kier alpha value is -1.59. The molecule has 1 aromatic carbocycles. The van der Waals surface area contributed by atoms with Gasteiger partial charge in [-0.1, -0.05) is 12.1 Å². The second kappa shape index (κ2) is 6.29. The highest BCUT2D eigenvalue weighted by molar-refractivity contribution is 5.69. The van der Waals surface area contributed by atoms with Crippen molar-refractivity contribution in [3.63, 3.8) is 0 Å². The summed E-state index contributed by atoms with van der Waals surface area (Å²) >= 11 is 0. The fourth-order valence-electron chi connectivity index (χ4n) is 5.46. The van der Waals surface area contributed by atoms with Crippen molar-refractivity contribution < 1.29 is 14.3 Å². The third kappa shape index (κ3) is 2.56. The van der Waals surface area contributed by atoms with E-state index in [0.717, 1.165) is 32.4 Å². The molecule has 2 aliphatic heterocycles. The molecule has 5 heteroatoms. The lowest BCUT2D eigenvalue weighted by molar-refractivity contribution is -0.145. The zero-order valence-electron chi connectivity index (χ0n) is 15.4. The maximum Gasteiger partial charge on any atom is 0.305 e. The number of nitrogens with zero attached hydrogens (tertiary/aromatic N) is 1. The highest BCUT2D eigenvalue weighted by Crippen LogP contribution is 2.54. The fraction of sp³-hybridized carbons (Fsp3) is 0.650. The van der Waals surface area contributed by atoms with Crippen LogP contribution in [0.4, 0.5) is 5.69 Å². The summed E-state index contributed by atoms with van der Waals surface area (Å²) in [6, 6.07) is 6.97. The highest BCUT2D eigenvalue weighted by Gasteiger charge is 2.54. The van der Waals surface area contributed by atoms with Crippen molar-refractivity contribution in [3.8, 4) is 0 Å². The van der Waals surface area contributed by atoms with Crippen LogP contribution in [0.25, 0.3) is 0 Å². The minimum absolute atomic E-state index is 0.121. The third-order valence-electron chi connectivity index (χ3n) is 6.57. The Morgan fingerprint density at radius 3 is 3.00 bits per heavy atom. The molecule has 3 aliphatic rings. The first-order chi connectivity index (χ1) is 12.1. The van der Waals surface area contributed by atoms with E-state index in [1.165, 1.54) is 23.9 Å². The van der Waals surface area contributed by atoms with Crippen molar-refractivity contribution in [2.24, 2.45) is 5.92 Å². The summed E-state index contributed by atoms with van der Waals surface area (Å²) in [5.74, 6) is 0.889. The van der Waals surface area contributed by atoms with Gasteiger partial charge in [0.15, 0.2) is 0 Å². The van der Waals surface area contributed by atoms with E-state index >= 15 is 0 Å². The van der Waals surface area contributed by atoms with Crippen LogP contribution in [-0.2, 0) is 19.9 Å². The minimum Gasteiger partial charge on any atom is -0.469 e. The molecule has 0 radical (unpaired) electrons. The van der Waals surface area contributed by atoms with Gasteiger partial charge >= 0.3 is 5.97 Å². The summed E-state index contributed by atoms with van der Waals surface area (Å²) in [5, 5.41) is 3.57. The SMILES string of the molecule is COC(=O)CCC1CN(C)C2CC3CNc4cccc(c43)C2(OC)C1. The van der Waals surface area contributed by atoms with E-state index in [2.05, 4.69) is 35.5 Å². The third-order valence-corrected chi connectivity index (χ3v) is 6.57. The lowest BCUT2D eigenvalue weighted by atomic mass is 9.65. The molecule has 1 aromatic rings. The average molecular weight is 344 g/mol. The standard InChI is InChI=1S/C20H28N2O3/c1-22-12-13(7-8-18(23)24-2)10-20(25-3)15-5-4-6-16-19(15)14(11-21-16)9-17(20)22/h4-6,13-14,17,21H,7-12H2,1-3H3. The summed E-state index contributed by atoms with van der Waals surface area (Å²) in [4.78, 5) is 14.0. The molecule has 4 rings (SSSR count). The molecule has 2 heterocycles. The predicted octanol–water partition coefficient (Wildman–Crippen LogP) is 2.71. The fourth-order valence-corrected chi connectivity index (χ4v) is 5.46. The first kappa shape index (κ1) is 16.9. The zero-order chi connectivity index (χ0) is 17.6. The maximum atomic E-state index is 11.6. The van der Waals surface area contributed by atoms with E-state index in [-0.39, 0.29) is 11.6 Å². The number of benzene rings is 1. The van der Waals surface area contributed by atoms with E-state index in [4.69, 9.17) is 9.47 Å². The quantitative estimate of drug-likeness (QED) is 0.851. The van der Waals surface area contributed by atoms with Gasteiger partial charge in [0, 0.05) is 44.3 Å². The molecule has 1 aliphatic carbocycles. The number of hydrogen-bond acceptors (Lipinski definition) is 5. The topological polar surface area (TPSA) is 50.8 Å². The summed E-state index contributed by atoms with van der Waals surface area (Å²) in [6.45, 7) is 2.05. The molecule has 25 heavy (non-hydrogen) atoms. The first-order valence-corrected chi connectivity index (χ1v) is 9.28. The van der Waals surface area contributed by atoms with Gasteiger partial charge in [0.1, 0.15) is 5.60 Å². The Balaban J connectivity index is 1.69. The molecular formula is C20H28N2O3. The number of hydrogen-bond donors (Lipinski definition) is 1. The van der Waals surface area contributed by atoms with Gasteiger partial charge in [-0.2, -0.15) is 0 Å². The van der Waals surface area contributed by atoms with Crippen molar-refractivity contribution in [2.75, 3.05) is 39.7 Å². The van der Waals surface area contributed by atoms with Crippen LogP contribution < -0.4 is 5.32 Å². The van der Waals surface area contributed by atoms with Crippen LogP contribution in [0.5, 0.6) is 0 Å². The second-order valence-corrected chi connectivity index (χ2v) is 7.81. The normalized spacial score (nSPS) is 33.3. The monoisotopic (exact) mass is 344 g/mol. The summed E-state index contributed by atoms with van der Waals surface area (Å²) in [6.07, 6.45) is 3.44. The van der Waals surface area contributed by atoms with Gasteiger partial charge in [-0.15, -0.1) is 0 Å². The number of anilines is 1. The Morgan fingerprint density at radius 1 is 1.40 bits per heavy atom. The zero-order valence-corrected chi connectivity index (χ0v) is 15.4. The first-order valence-electron chi connectivity index (χ1n) is 9.28. The Morgan fingerprint density at radius 2 is 2.24 bits per heavy atom. The summed E-state index contributed by atoms with van der Waals surface area (Å²) in [7, 11) is 5.52. The predicted molar refractivity (Wildman–Crippen MR) is 96.8 cm³/mol. The van der Waals surface area contributed by atoms with Gasteiger partial charge in [0.05, 0.1) is 7.11 Å². The van der Waals surface area contributed by atoms with Crippen molar-refractivity contribution in [2.45, 2.75) is 43.2 Å². The number of likely N-dealkylation sites (N-methyl/N-ethyl adjacent to an activating group) is 1. The Kier molecular flexibility index (Phi) is 4.24. The molecule has 0 spiro atoms. The van der Waals surface area contributed by atoms with E-state index < -0.39 is 0 Å². The number of piperidine rings is 1. The number of fused-ring (bicyclic) bond motifs is 2.